The van der Waals surface area contributed by atoms with Crippen molar-refractivity contribution in [2.24, 2.45) is 16.1 Å². The summed E-state index contributed by atoms with van der Waals surface area (Å²) >= 11 is 0. The highest BCUT2D eigenvalue weighted by Crippen LogP contribution is 2.37. The van der Waals surface area contributed by atoms with E-state index in [2.05, 4.69) is 25.6 Å². The van der Waals surface area contributed by atoms with Gasteiger partial charge in [-0.1, -0.05) is 0 Å². The van der Waals surface area contributed by atoms with Gasteiger partial charge in [0.1, 0.15) is 11.5 Å². The van der Waals surface area contributed by atoms with E-state index in [1.54, 1.807) is 6.92 Å². The van der Waals surface area contributed by atoms with Crippen LogP contribution < -0.4 is 15.4 Å². The molecule has 0 spiro atoms. The highest BCUT2D eigenvalue weighted by molar-refractivity contribution is 6.19. The van der Waals surface area contributed by atoms with E-state index in [1.807, 2.05) is 0 Å². The molecular weight excluding hydrogens is 437 g/mol. The largest absolute Gasteiger partial charge is 0.434 e. The monoisotopic (exact) mass is 459 g/mol. The third-order valence-corrected chi connectivity index (χ3v) is 4.91. The number of ether oxygens (including phenoxy) is 1. The van der Waals surface area contributed by atoms with Crippen LogP contribution in [0.15, 0.2) is 40.2 Å². The summed E-state index contributed by atoms with van der Waals surface area (Å²) in [6.45, 7) is 0.341. The maximum absolute atomic E-state index is 13.0. The molecule has 0 aromatic heterocycles. The molecule has 0 radical (unpaired) electrons. The smallest absolute Gasteiger partial charge is 0.416 e. The topological polar surface area (TPSA) is 102 Å². The number of aliphatic hydroxyl groups is 1. The first-order valence-corrected chi connectivity index (χ1v) is 9.66. The Morgan fingerprint density at radius 3 is 2.62 bits per heavy atom. The fourth-order valence-electron chi connectivity index (χ4n) is 3.62. The molecule has 1 aromatic carbocycles. The predicted molar refractivity (Wildman–Crippen MR) is 108 cm³/mol. The van der Waals surface area contributed by atoms with Gasteiger partial charge in [0.25, 0.3) is 0 Å². The molecule has 7 nitrogen and oxygen atoms in total. The molecule has 0 amide bonds. The van der Waals surface area contributed by atoms with Crippen molar-refractivity contribution in [1.82, 2.24) is 10.6 Å². The minimum Gasteiger partial charge on any atom is -0.434 e. The molecule has 1 aliphatic carbocycles. The Bertz CT molecular complexity index is 977. The Hall–Kier alpha value is -3.02. The van der Waals surface area contributed by atoms with Crippen LogP contribution in [0.3, 0.4) is 0 Å². The third kappa shape index (κ3) is 5.81. The Morgan fingerprint density at radius 1 is 1.38 bits per heavy atom. The fraction of sp³-hybridized carbons (Fsp3) is 0.450. The predicted octanol–water partition coefficient (Wildman–Crippen LogP) is 3.64. The van der Waals surface area contributed by atoms with Gasteiger partial charge in [0.15, 0.2) is 0 Å². The number of rotatable bonds is 6. The van der Waals surface area contributed by atoms with Crippen molar-refractivity contribution in [2.45, 2.75) is 45.1 Å². The van der Waals surface area contributed by atoms with Crippen LogP contribution in [0.5, 0.6) is 5.75 Å². The molecule has 1 aromatic rings. The molecule has 1 heterocycles. The van der Waals surface area contributed by atoms with Gasteiger partial charge in [-0.2, -0.15) is 22.0 Å². The first-order valence-electron chi connectivity index (χ1n) is 9.66. The summed E-state index contributed by atoms with van der Waals surface area (Å²) in [6.07, 6.45) is -2.18. The average Bonchev–Trinajstić information content (AvgIpc) is 2.63. The summed E-state index contributed by atoms with van der Waals surface area (Å²) in [7, 11) is 0. The maximum Gasteiger partial charge on any atom is 0.416 e. The van der Waals surface area contributed by atoms with Crippen molar-refractivity contribution in [3.63, 3.8) is 0 Å². The van der Waals surface area contributed by atoms with Crippen molar-refractivity contribution < 1.29 is 31.8 Å². The average molecular weight is 459 g/mol. The van der Waals surface area contributed by atoms with Crippen molar-refractivity contribution in [3.8, 4) is 5.75 Å². The molecule has 0 bridgehead atoms. The van der Waals surface area contributed by atoms with E-state index in [0.29, 0.717) is 25.5 Å². The van der Waals surface area contributed by atoms with Gasteiger partial charge >= 0.3 is 12.8 Å². The Labute approximate surface area is 180 Å². The highest BCUT2D eigenvalue weighted by atomic mass is 19.4. The molecule has 2 aliphatic rings. The first-order chi connectivity index (χ1) is 14.8. The van der Waals surface area contributed by atoms with Gasteiger partial charge in [-0.3, -0.25) is 0 Å². The van der Waals surface area contributed by atoms with E-state index in [9.17, 15) is 27.1 Å². The maximum atomic E-state index is 13.0. The summed E-state index contributed by atoms with van der Waals surface area (Å²) in [5.74, 6) is -0.277. The van der Waals surface area contributed by atoms with Gasteiger partial charge in [0, 0.05) is 17.8 Å². The van der Waals surface area contributed by atoms with Crippen LogP contribution in [0.25, 0.3) is 0 Å². The highest BCUT2D eigenvalue weighted by Gasteiger charge is 2.38. The summed E-state index contributed by atoms with van der Waals surface area (Å²) in [5.41, 5.74) is -1.79. The lowest BCUT2D eigenvalue weighted by atomic mass is 9.72. The Kier molecular flexibility index (Phi) is 6.54. The van der Waals surface area contributed by atoms with Crippen LogP contribution in [-0.2, 0) is 6.18 Å². The van der Waals surface area contributed by atoms with Crippen molar-refractivity contribution >= 4 is 17.4 Å². The van der Waals surface area contributed by atoms with Gasteiger partial charge in [-0.25, -0.2) is 0 Å². The number of alkyl halides is 5. The summed E-state index contributed by atoms with van der Waals surface area (Å²) in [6, 6.07) is 2.17. The molecule has 174 valence electrons. The number of hydrogen-bond acceptors (Lipinski definition) is 7. The molecule has 1 fully saturated rings. The summed E-state index contributed by atoms with van der Waals surface area (Å²) in [5, 5.41) is 31.4. The Balaban J connectivity index is 1.92. The van der Waals surface area contributed by atoms with Gasteiger partial charge in [0.05, 0.1) is 16.9 Å². The summed E-state index contributed by atoms with van der Waals surface area (Å²) in [4.78, 5) is 0. The number of allylic oxidation sites excluding steroid dienone is 2. The van der Waals surface area contributed by atoms with Crippen LogP contribution in [0, 0.1) is 11.3 Å². The molecule has 1 saturated carbocycles. The normalized spacial score (nSPS) is 24.4. The van der Waals surface area contributed by atoms with Crippen molar-refractivity contribution in [2.75, 3.05) is 6.54 Å². The first kappa shape index (κ1) is 23.6. The Morgan fingerprint density at radius 2 is 2.06 bits per heavy atom. The summed E-state index contributed by atoms with van der Waals surface area (Å²) < 4.78 is 69.2. The van der Waals surface area contributed by atoms with Gasteiger partial charge < -0.3 is 25.9 Å². The van der Waals surface area contributed by atoms with E-state index >= 15 is 0 Å². The number of nitrogens with one attached hydrogen (secondary N) is 3. The van der Waals surface area contributed by atoms with Crippen LogP contribution in [0.1, 0.15) is 37.8 Å². The SMILES string of the molecule is CC(=N)/C=C1\NC(NC[C@H]2C[C@@](C)(O)C2)=NN=C1c1ccc(C(F)(F)F)cc1OC(F)F. The number of guanidine groups is 1. The number of benzene rings is 1. The van der Waals surface area contributed by atoms with E-state index in [1.165, 1.54) is 13.0 Å². The lowest BCUT2D eigenvalue weighted by Gasteiger charge is -2.41. The van der Waals surface area contributed by atoms with Crippen LogP contribution >= 0.6 is 0 Å². The minimum atomic E-state index is -4.75. The van der Waals surface area contributed by atoms with Crippen LogP contribution in [-0.4, -0.2) is 41.2 Å². The van der Waals surface area contributed by atoms with Crippen LogP contribution in [0.2, 0.25) is 0 Å². The zero-order valence-electron chi connectivity index (χ0n) is 17.2. The fourth-order valence-corrected chi connectivity index (χ4v) is 3.62. The van der Waals surface area contributed by atoms with E-state index in [4.69, 9.17) is 5.41 Å². The second-order valence-corrected chi connectivity index (χ2v) is 8.00. The molecule has 0 saturated heterocycles. The zero-order valence-corrected chi connectivity index (χ0v) is 17.2. The molecule has 4 N–H and O–H groups in total. The number of nitrogens with zero attached hydrogens (tertiary/aromatic N) is 2. The number of halogens is 5. The molecule has 12 heteroatoms. The van der Waals surface area contributed by atoms with E-state index in [-0.39, 0.29) is 34.6 Å². The quantitative estimate of drug-likeness (QED) is 0.385. The van der Waals surface area contributed by atoms with E-state index < -0.39 is 29.7 Å². The lowest BCUT2D eigenvalue weighted by molar-refractivity contribution is -0.138. The lowest BCUT2D eigenvalue weighted by Crippen LogP contribution is -2.49. The van der Waals surface area contributed by atoms with Crippen molar-refractivity contribution in [3.05, 3.63) is 41.1 Å². The minimum absolute atomic E-state index is 0.0573. The molecule has 3 rings (SSSR count). The van der Waals surface area contributed by atoms with Gasteiger partial charge in [-0.05, 0) is 56.9 Å². The van der Waals surface area contributed by atoms with Crippen LogP contribution in [0.4, 0.5) is 22.0 Å². The third-order valence-electron chi connectivity index (χ3n) is 4.91. The zero-order chi connectivity index (χ0) is 23.7. The number of hydrogen-bond donors (Lipinski definition) is 4. The molecule has 32 heavy (non-hydrogen) atoms. The second-order valence-electron chi connectivity index (χ2n) is 8.00. The van der Waals surface area contributed by atoms with Gasteiger partial charge in [-0.15, -0.1) is 10.2 Å². The molecule has 1 aliphatic heterocycles. The van der Waals surface area contributed by atoms with Crippen molar-refractivity contribution in [1.29, 1.82) is 5.41 Å². The van der Waals surface area contributed by atoms with E-state index in [0.717, 1.165) is 12.1 Å². The second kappa shape index (κ2) is 8.85. The van der Waals surface area contributed by atoms with Gasteiger partial charge in [0.2, 0.25) is 5.96 Å². The molecule has 0 atom stereocenters. The molecular formula is C20H22F5N5O2. The standard InChI is InChI=1S/C20H22F5N5O2/c1-10(26)5-14-16(29-30-18(28-14)27-9-11-7-19(2,31)8-11)13-4-3-12(20(23,24)25)6-15(13)32-17(21)22/h3-6,11,17,26,31H,7-9H2,1-2H3,(H2,27,28,30)/b14-5-,26-10?/t11-,19+. The molecule has 0 unspecified atom stereocenters.